The van der Waals surface area contributed by atoms with E-state index in [1.807, 2.05) is 20.8 Å². The molecule has 2 unspecified atom stereocenters. The minimum atomic E-state index is -0.502. The Balaban J connectivity index is 1.89. The summed E-state index contributed by atoms with van der Waals surface area (Å²) in [4.78, 5) is 11.9. The van der Waals surface area contributed by atoms with Gasteiger partial charge in [0, 0.05) is 23.1 Å². The van der Waals surface area contributed by atoms with Crippen molar-refractivity contribution in [2.45, 2.75) is 64.3 Å². The van der Waals surface area contributed by atoms with Gasteiger partial charge in [0.2, 0.25) is 0 Å². The quantitative estimate of drug-likeness (QED) is 0.817. The SMILES string of the molecule is CC(C)(C)OC(=O)NC1CCCC1NCc1cc(F)ccc1Br. The summed E-state index contributed by atoms with van der Waals surface area (Å²) < 4.78 is 19.5. The molecular formula is C17H24BrFN2O2. The topological polar surface area (TPSA) is 50.4 Å². The summed E-state index contributed by atoms with van der Waals surface area (Å²) in [5.41, 5.74) is 0.367. The van der Waals surface area contributed by atoms with Gasteiger partial charge in [-0.2, -0.15) is 0 Å². The summed E-state index contributed by atoms with van der Waals surface area (Å²) >= 11 is 3.43. The molecule has 0 bridgehead atoms. The molecule has 6 heteroatoms. The molecule has 4 nitrogen and oxygen atoms in total. The molecule has 128 valence electrons. The van der Waals surface area contributed by atoms with Crippen LogP contribution in [-0.2, 0) is 11.3 Å². The average molecular weight is 387 g/mol. The molecule has 23 heavy (non-hydrogen) atoms. The van der Waals surface area contributed by atoms with Crippen LogP contribution in [0.25, 0.3) is 0 Å². The highest BCUT2D eigenvalue weighted by Crippen LogP contribution is 2.22. The van der Waals surface area contributed by atoms with Gasteiger partial charge in [-0.15, -0.1) is 0 Å². The first-order chi connectivity index (χ1) is 10.7. The Labute approximate surface area is 145 Å². The lowest BCUT2D eigenvalue weighted by Gasteiger charge is -2.25. The molecule has 2 N–H and O–H groups in total. The zero-order chi connectivity index (χ0) is 17.0. The fourth-order valence-corrected chi connectivity index (χ4v) is 3.14. The highest BCUT2D eigenvalue weighted by molar-refractivity contribution is 9.10. The number of benzene rings is 1. The fraction of sp³-hybridized carbons (Fsp3) is 0.588. The second kappa shape index (κ2) is 7.62. The fourth-order valence-electron chi connectivity index (χ4n) is 2.76. The van der Waals surface area contributed by atoms with E-state index in [0.29, 0.717) is 6.54 Å². The highest BCUT2D eigenvalue weighted by atomic mass is 79.9. The van der Waals surface area contributed by atoms with Gasteiger partial charge in [-0.25, -0.2) is 9.18 Å². The molecule has 1 saturated carbocycles. The Kier molecular flexibility index (Phi) is 6.03. The predicted molar refractivity (Wildman–Crippen MR) is 91.7 cm³/mol. The molecule has 2 rings (SSSR count). The van der Waals surface area contributed by atoms with Crippen LogP contribution in [-0.4, -0.2) is 23.8 Å². The Bertz CT molecular complexity index is 560. The first-order valence-electron chi connectivity index (χ1n) is 7.91. The van der Waals surface area contributed by atoms with Gasteiger partial charge in [0.25, 0.3) is 0 Å². The number of nitrogens with one attached hydrogen (secondary N) is 2. The first-order valence-corrected chi connectivity index (χ1v) is 8.71. The summed E-state index contributed by atoms with van der Waals surface area (Å²) in [7, 11) is 0. The zero-order valence-electron chi connectivity index (χ0n) is 13.8. The van der Waals surface area contributed by atoms with E-state index in [2.05, 4.69) is 26.6 Å². The molecular weight excluding hydrogens is 363 g/mol. The Morgan fingerprint density at radius 2 is 2.04 bits per heavy atom. The van der Waals surface area contributed by atoms with Gasteiger partial charge >= 0.3 is 6.09 Å². The molecule has 0 aliphatic heterocycles. The van der Waals surface area contributed by atoms with Gasteiger partial charge in [-0.1, -0.05) is 15.9 Å². The number of carbonyl (C=O) groups is 1. The van der Waals surface area contributed by atoms with Gasteiger partial charge in [0.15, 0.2) is 0 Å². The molecule has 0 saturated heterocycles. The molecule has 1 aromatic rings. The molecule has 0 heterocycles. The molecule has 1 fully saturated rings. The number of hydrogen-bond donors (Lipinski definition) is 2. The van der Waals surface area contributed by atoms with Crippen LogP contribution in [0.4, 0.5) is 9.18 Å². The number of halogens is 2. The van der Waals surface area contributed by atoms with Crippen LogP contribution in [0.5, 0.6) is 0 Å². The third kappa shape index (κ3) is 5.77. The van der Waals surface area contributed by atoms with Crippen molar-refractivity contribution in [2.75, 3.05) is 0 Å². The predicted octanol–water partition coefficient (Wildman–Crippen LogP) is 4.12. The maximum Gasteiger partial charge on any atom is 0.407 e. The minimum absolute atomic E-state index is 0.0391. The van der Waals surface area contributed by atoms with Gasteiger partial charge in [-0.3, -0.25) is 0 Å². The maximum atomic E-state index is 13.3. The summed E-state index contributed by atoms with van der Waals surface area (Å²) in [5, 5.41) is 6.36. The number of amides is 1. The Hall–Kier alpha value is -1.14. The molecule has 1 amide bonds. The van der Waals surface area contributed by atoms with Crippen LogP contribution in [0.15, 0.2) is 22.7 Å². The van der Waals surface area contributed by atoms with Gasteiger partial charge in [0.05, 0.1) is 0 Å². The monoisotopic (exact) mass is 386 g/mol. The first kappa shape index (κ1) is 18.2. The third-order valence-electron chi connectivity index (χ3n) is 3.78. The van der Waals surface area contributed by atoms with E-state index in [1.165, 1.54) is 12.1 Å². The van der Waals surface area contributed by atoms with Gasteiger partial charge in [0.1, 0.15) is 11.4 Å². The molecule has 0 spiro atoms. The summed E-state index contributed by atoms with van der Waals surface area (Å²) in [6, 6.07) is 4.85. The maximum absolute atomic E-state index is 13.3. The van der Waals surface area contributed by atoms with E-state index in [-0.39, 0.29) is 24.0 Å². The number of alkyl carbamates (subject to hydrolysis) is 1. The summed E-state index contributed by atoms with van der Waals surface area (Å²) in [5.74, 6) is -0.250. The number of ether oxygens (including phenoxy) is 1. The second-order valence-corrected chi connectivity index (χ2v) is 7.76. The largest absolute Gasteiger partial charge is 0.444 e. The van der Waals surface area contributed by atoms with E-state index in [1.54, 1.807) is 6.07 Å². The molecule has 1 aliphatic rings. The van der Waals surface area contributed by atoms with E-state index < -0.39 is 5.60 Å². The lowest BCUT2D eigenvalue weighted by atomic mass is 10.1. The molecule has 0 radical (unpaired) electrons. The Morgan fingerprint density at radius 3 is 2.74 bits per heavy atom. The minimum Gasteiger partial charge on any atom is -0.444 e. The van der Waals surface area contributed by atoms with Gasteiger partial charge in [-0.05, 0) is 63.8 Å². The van der Waals surface area contributed by atoms with Crippen LogP contribution < -0.4 is 10.6 Å². The highest BCUT2D eigenvalue weighted by Gasteiger charge is 2.29. The van der Waals surface area contributed by atoms with Crippen molar-refractivity contribution in [1.29, 1.82) is 0 Å². The number of rotatable bonds is 4. The molecule has 1 aromatic carbocycles. The van der Waals surface area contributed by atoms with Crippen molar-refractivity contribution >= 4 is 22.0 Å². The van der Waals surface area contributed by atoms with Crippen LogP contribution >= 0.6 is 15.9 Å². The van der Waals surface area contributed by atoms with Crippen LogP contribution in [0, 0.1) is 5.82 Å². The standard InChI is InChI=1S/C17H24BrFN2O2/c1-17(2,3)23-16(22)21-15-6-4-5-14(15)20-10-11-9-12(19)7-8-13(11)18/h7-9,14-15,20H,4-6,10H2,1-3H3,(H,21,22). The van der Waals surface area contributed by atoms with Gasteiger partial charge < -0.3 is 15.4 Å². The van der Waals surface area contributed by atoms with Crippen molar-refractivity contribution in [3.8, 4) is 0 Å². The molecule has 2 atom stereocenters. The van der Waals surface area contributed by atoms with E-state index >= 15 is 0 Å². The van der Waals surface area contributed by atoms with Crippen LogP contribution in [0.3, 0.4) is 0 Å². The van der Waals surface area contributed by atoms with Crippen LogP contribution in [0.2, 0.25) is 0 Å². The number of hydrogen-bond acceptors (Lipinski definition) is 3. The van der Waals surface area contributed by atoms with Crippen molar-refractivity contribution in [2.24, 2.45) is 0 Å². The van der Waals surface area contributed by atoms with E-state index in [9.17, 15) is 9.18 Å². The van der Waals surface area contributed by atoms with Crippen molar-refractivity contribution < 1.29 is 13.9 Å². The Morgan fingerprint density at radius 1 is 1.35 bits per heavy atom. The van der Waals surface area contributed by atoms with Crippen LogP contribution in [0.1, 0.15) is 45.6 Å². The normalized spacial score (nSPS) is 21.3. The van der Waals surface area contributed by atoms with Crippen molar-refractivity contribution in [3.63, 3.8) is 0 Å². The van der Waals surface area contributed by atoms with E-state index in [4.69, 9.17) is 4.74 Å². The van der Waals surface area contributed by atoms with Crippen molar-refractivity contribution in [3.05, 3.63) is 34.1 Å². The lowest BCUT2D eigenvalue weighted by Crippen LogP contribution is -2.47. The lowest BCUT2D eigenvalue weighted by molar-refractivity contribution is 0.0498. The molecule has 0 aromatic heterocycles. The van der Waals surface area contributed by atoms with Crippen molar-refractivity contribution in [1.82, 2.24) is 10.6 Å². The van der Waals surface area contributed by atoms with E-state index in [0.717, 1.165) is 29.3 Å². The average Bonchev–Trinajstić information content (AvgIpc) is 2.85. The number of carbonyl (C=O) groups excluding carboxylic acids is 1. The third-order valence-corrected chi connectivity index (χ3v) is 4.55. The summed E-state index contributed by atoms with van der Waals surface area (Å²) in [6.07, 6.45) is 2.56. The molecule has 1 aliphatic carbocycles. The second-order valence-electron chi connectivity index (χ2n) is 6.91. The summed E-state index contributed by atoms with van der Waals surface area (Å²) in [6.45, 7) is 6.09. The smallest absolute Gasteiger partial charge is 0.407 e. The zero-order valence-corrected chi connectivity index (χ0v) is 15.4.